The fraction of sp³-hybridized carbons (Fsp3) is 0.0667. The quantitative estimate of drug-likeness (QED) is 0.712. The molecule has 0 aliphatic heterocycles. The highest BCUT2D eigenvalue weighted by molar-refractivity contribution is 6.32. The monoisotopic (exact) mass is 330 g/mol. The van der Waals surface area contributed by atoms with Crippen molar-refractivity contribution in [1.82, 2.24) is 9.38 Å². The third-order valence-corrected chi connectivity index (χ3v) is 3.42. The van der Waals surface area contributed by atoms with Gasteiger partial charge in [-0.15, -0.1) is 10.2 Å². The smallest absolute Gasteiger partial charge is 0.309 e. The number of azo groups is 1. The summed E-state index contributed by atoms with van der Waals surface area (Å²) < 4.78 is 1.48. The van der Waals surface area contributed by atoms with Crippen LogP contribution in [0.5, 0.6) is 5.75 Å². The molecule has 1 aromatic carbocycles. The number of carbonyl (C=O) groups is 1. The summed E-state index contributed by atoms with van der Waals surface area (Å²) in [4.78, 5) is 15.1. The number of aromatic nitrogens is 2. The van der Waals surface area contributed by atoms with Gasteiger partial charge in [-0.1, -0.05) is 23.7 Å². The molecule has 0 fully saturated rings. The molecule has 0 amide bonds. The maximum Gasteiger partial charge on any atom is 0.309 e. The van der Waals surface area contributed by atoms with Gasteiger partial charge in [0.05, 0.1) is 17.1 Å². The highest BCUT2D eigenvalue weighted by atomic mass is 35.5. The Labute approximate surface area is 135 Å². The summed E-state index contributed by atoms with van der Waals surface area (Å²) in [5.41, 5.74) is 0.872. The number of aromatic hydroxyl groups is 1. The largest absolute Gasteiger partial charge is 0.504 e. The van der Waals surface area contributed by atoms with Gasteiger partial charge in [0, 0.05) is 6.20 Å². The van der Waals surface area contributed by atoms with Crippen molar-refractivity contribution in [2.45, 2.75) is 6.42 Å². The Morgan fingerprint density at radius 1 is 1.22 bits per heavy atom. The van der Waals surface area contributed by atoms with Crippen LogP contribution < -0.4 is 0 Å². The first-order valence-electron chi connectivity index (χ1n) is 6.63. The number of aliphatic carboxylic acids is 1. The SMILES string of the molecule is O=C(O)Cc1nc2c(O)cccn2c1N=Nc1ccccc1Cl. The summed E-state index contributed by atoms with van der Waals surface area (Å²) in [6, 6.07) is 9.95. The van der Waals surface area contributed by atoms with Crippen LogP contribution in [0.3, 0.4) is 0 Å². The molecule has 23 heavy (non-hydrogen) atoms. The molecule has 116 valence electrons. The third-order valence-electron chi connectivity index (χ3n) is 3.10. The molecule has 2 heterocycles. The van der Waals surface area contributed by atoms with E-state index in [1.165, 1.54) is 10.5 Å². The maximum atomic E-state index is 11.0. The number of fused-ring (bicyclic) bond motifs is 1. The Bertz CT molecular complexity index is 920. The summed E-state index contributed by atoms with van der Waals surface area (Å²) in [7, 11) is 0. The van der Waals surface area contributed by atoms with Crippen LogP contribution >= 0.6 is 11.6 Å². The van der Waals surface area contributed by atoms with Crippen LogP contribution in [0.25, 0.3) is 5.65 Å². The van der Waals surface area contributed by atoms with Gasteiger partial charge in [-0.2, -0.15) is 0 Å². The van der Waals surface area contributed by atoms with Crippen LogP contribution in [-0.4, -0.2) is 25.6 Å². The number of pyridine rings is 1. The molecule has 0 bridgehead atoms. The Morgan fingerprint density at radius 2 is 2.00 bits per heavy atom. The van der Waals surface area contributed by atoms with E-state index in [0.29, 0.717) is 10.7 Å². The van der Waals surface area contributed by atoms with Gasteiger partial charge in [0.2, 0.25) is 0 Å². The highest BCUT2D eigenvalue weighted by Crippen LogP contribution is 2.30. The molecule has 8 heteroatoms. The van der Waals surface area contributed by atoms with Gasteiger partial charge >= 0.3 is 5.97 Å². The van der Waals surface area contributed by atoms with Crippen molar-refractivity contribution < 1.29 is 15.0 Å². The second-order valence-electron chi connectivity index (χ2n) is 4.69. The van der Waals surface area contributed by atoms with Crippen molar-refractivity contribution >= 4 is 34.7 Å². The van der Waals surface area contributed by atoms with Crippen molar-refractivity contribution in [3.8, 4) is 5.75 Å². The molecule has 0 unspecified atom stereocenters. The van der Waals surface area contributed by atoms with E-state index in [9.17, 15) is 9.90 Å². The molecular weight excluding hydrogens is 320 g/mol. The standard InChI is InChI=1S/C15H11ClN4O3/c16-9-4-1-2-5-10(9)18-19-14-11(8-13(22)23)17-15-12(21)6-3-7-20(14)15/h1-7,21H,8H2,(H,22,23). The first-order valence-corrected chi connectivity index (χ1v) is 7.01. The lowest BCUT2D eigenvalue weighted by atomic mass is 10.3. The van der Waals surface area contributed by atoms with E-state index in [1.807, 2.05) is 0 Å². The average molecular weight is 331 g/mol. The minimum absolute atomic E-state index is 0.0710. The van der Waals surface area contributed by atoms with E-state index in [1.54, 1.807) is 36.5 Å². The maximum absolute atomic E-state index is 11.0. The molecule has 0 spiro atoms. The fourth-order valence-corrected chi connectivity index (χ4v) is 2.26. The first-order chi connectivity index (χ1) is 11.1. The zero-order chi connectivity index (χ0) is 16.4. The van der Waals surface area contributed by atoms with Gasteiger partial charge in [0.1, 0.15) is 5.69 Å². The Morgan fingerprint density at radius 3 is 2.74 bits per heavy atom. The summed E-state index contributed by atoms with van der Waals surface area (Å²) in [6.07, 6.45) is 1.28. The third kappa shape index (κ3) is 3.00. The molecule has 3 aromatic rings. The minimum atomic E-state index is -1.05. The van der Waals surface area contributed by atoms with E-state index < -0.39 is 5.97 Å². The van der Waals surface area contributed by atoms with Crippen LogP contribution in [0.15, 0.2) is 52.8 Å². The van der Waals surface area contributed by atoms with Gasteiger partial charge < -0.3 is 10.2 Å². The second-order valence-corrected chi connectivity index (χ2v) is 5.10. The summed E-state index contributed by atoms with van der Waals surface area (Å²) >= 11 is 6.02. The topological polar surface area (TPSA) is 99.5 Å². The van der Waals surface area contributed by atoms with Gasteiger partial charge in [0.15, 0.2) is 17.2 Å². The number of carboxylic acid groups (broad SMARTS) is 1. The van der Waals surface area contributed by atoms with Crippen molar-refractivity contribution in [3.05, 3.63) is 53.3 Å². The number of hydrogen-bond acceptors (Lipinski definition) is 5. The lowest BCUT2D eigenvalue weighted by Crippen LogP contribution is -2.00. The van der Waals surface area contributed by atoms with Crippen LogP contribution in [0.1, 0.15) is 5.69 Å². The zero-order valence-electron chi connectivity index (χ0n) is 11.7. The molecule has 0 saturated carbocycles. The van der Waals surface area contributed by atoms with E-state index in [-0.39, 0.29) is 29.3 Å². The molecular formula is C15H11ClN4O3. The van der Waals surface area contributed by atoms with Crippen molar-refractivity contribution in [2.75, 3.05) is 0 Å². The van der Waals surface area contributed by atoms with Gasteiger partial charge in [-0.25, -0.2) is 4.98 Å². The Hall–Kier alpha value is -2.93. The lowest BCUT2D eigenvalue weighted by Gasteiger charge is -1.99. The molecule has 7 nitrogen and oxygen atoms in total. The van der Waals surface area contributed by atoms with Crippen LogP contribution in [0.2, 0.25) is 5.02 Å². The number of nitrogens with zero attached hydrogens (tertiary/aromatic N) is 4. The normalized spacial score (nSPS) is 11.3. The van der Waals surface area contributed by atoms with Crippen LogP contribution in [0.4, 0.5) is 11.5 Å². The van der Waals surface area contributed by atoms with E-state index >= 15 is 0 Å². The van der Waals surface area contributed by atoms with Crippen molar-refractivity contribution in [2.24, 2.45) is 10.2 Å². The van der Waals surface area contributed by atoms with E-state index in [0.717, 1.165) is 0 Å². The van der Waals surface area contributed by atoms with E-state index in [4.69, 9.17) is 16.7 Å². The predicted molar refractivity (Wildman–Crippen MR) is 83.8 cm³/mol. The summed E-state index contributed by atoms with van der Waals surface area (Å²) in [5.74, 6) is -0.890. The number of benzene rings is 1. The number of hydrogen-bond donors (Lipinski definition) is 2. The molecule has 0 atom stereocenters. The van der Waals surface area contributed by atoms with E-state index in [2.05, 4.69) is 15.2 Å². The molecule has 2 aromatic heterocycles. The Balaban J connectivity index is 2.13. The minimum Gasteiger partial charge on any atom is -0.504 e. The van der Waals surface area contributed by atoms with Gasteiger partial charge in [0.25, 0.3) is 0 Å². The number of rotatable bonds is 4. The second kappa shape index (κ2) is 6.05. The molecule has 2 N–H and O–H groups in total. The summed E-state index contributed by atoms with van der Waals surface area (Å²) in [5, 5.41) is 27.4. The number of carboxylic acids is 1. The Kier molecular flexibility index (Phi) is 3.94. The highest BCUT2D eigenvalue weighted by Gasteiger charge is 2.17. The van der Waals surface area contributed by atoms with Crippen LogP contribution in [-0.2, 0) is 11.2 Å². The predicted octanol–water partition coefficient (Wildman–Crippen LogP) is 3.74. The zero-order valence-corrected chi connectivity index (χ0v) is 12.5. The van der Waals surface area contributed by atoms with Crippen molar-refractivity contribution in [1.29, 1.82) is 0 Å². The lowest BCUT2D eigenvalue weighted by molar-refractivity contribution is -0.136. The molecule has 0 radical (unpaired) electrons. The first kappa shape index (κ1) is 15.0. The van der Waals surface area contributed by atoms with Gasteiger partial charge in [-0.3, -0.25) is 9.20 Å². The summed E-state index contributed by atoms with van der Waals surface area (Å²) in [6.45, 7) is 0. The molecule has 0 aliphatic rings. The number of imidazole rings is 1. The van der Waals surface area contributed by atoms with Crippen LogP contribution in [0, 0.1) is 0 Å². The molecule has 0 aliphatic carbocycles. The number of halogens is 1. The van der Waals surface area contributed by atoms with Crippen molar-refractivity contribution in [3.63, 3.8) is 0 Å². The van der Waals surface area contributed by atoms with Gasteiger partial charge in [-0.05, 0) is 24.3 Å². The average Bonchev–Trinajstić information content (AvgIpc) is 2.85. The fourth-order valence-electron chi connectivity index (χ4n) is 2.09. The molecule has 0 saturated heterocycles. The molecule has 3 rings (SSSR count).